The van der Waals surface area contributed by atoms with E-state index in [1.165, 1.54) is 70.6 Å². The molecule has 6 atom stereocenters. The number of carbonyl (C=O) groups excluding carboxylic acids is 1. The minimum absolute atomic E-state index is 0.529. The van der Waals surface area contributed by atoms with Crippen LogP contribution in [0.4, 0.5) is 0 Å². The highest BCUT2D eigenvalue weighted by atomic mass is 16.8. The van der Waals surface area contributed by atoms with Gasteiger partial charge < -0.3 is 35.0 Å². The van der Waals surface area contributed by atoms with Crippen LogP contribution in [0.2, 0.25) is 0 Å². The molecule has 0 aromatic rings. The molecule has 196 valence electrons. The molecular weight excluding hydrogens is 428 g/mol. The van der Waals surface area contributed by atoms with Crippen LogP contribution in [0.3, 0.4) is 0 Å². The third-order valence-corrected chi connectivity index (χ3v) is 6.57. The van der Waals surface area contributed by atoms with E-state index in [-0.39, 0.29) is 0 Å². The SMILES string of the molecule is CCCCCCCCCCCCCCCCC(C)C(=O)OC1(O)O[C@H](CO)[C@@H](O)[C@H](O)[C@H]1O. The average molecular weight is 477 g/mol. The molecule has 1 aliphatic heterocycles. The first kappa shape index (κ1) is 30.3. The average Bonchev–Trinajstić information content (AvgIpc) is 2.80. The highest BCUT2D eigenvalue weighted by Gasteiger charge is 2.56. The van der Waals surface area contributed by atoms with E-state index >= 15 is 0 Å². The predicted molar refractivity (Wildman–Crippen MR) is 125 cm³/mol. The third kappa shape index (κ3) is 11.0. The maximum atomic E-state index is 12.3. The van der Waals surface area contributed by atoms with Crippen molar-refractivity contribution in [2.75, 3.05) is 6.61 Å². The Labute approximate surface area is 199 Å². The molecule has 0 radical (unpaired) electrons. The van der Waals surface area contributed by atoms with Crippen LogP contribution in [0.1, 0.15) is 110 Å². The Balaban J connectivity index is 2.12. The summed E-state index contributed by atoms with van der Waals surface area (Å²) in [5.41, 5.74) is 0. The van der Waals surface area contributed by atoms with Crippen LogP contribution in [-0.4, -0.2) is 68.5 Å². The molecule has 0 aromatic heterocycles. The first-order chi connectivity index (χ1) is 15.8. The van der Waals surface area contributed by atoms with Crippen molar-refractivity contribution in [1.82, 2.24) is 0 Å². The maximum absolute atomic E-state index is 12.3. The molecule has 0 spiro atoms. The second-order valence-electron chi connectivity index (χ2n) is 9.60. The Hall–Kier alpha value is -0.770. The van der Waals surface area contributed by atoms with E-state index in [9.17, 15) is 30.3 Å². The number of hydrogen-bond donors (Lipinski definition) is 5. The molecule has 8 heteroatoms. The van der Waals surface area contributed by atoms with Crippen molar-refractivity contribution >= 4 is 5.97 Å². The number of hydrogen-bond acceptors (Lipinski definition) is 8. The fourth-order valence-corrected chi connectivity index (χ4v) is 4.22. The fourth-order valence-electron chi connectivity index (χ4n) is 4.22. The standard InChI is InChI=1S/C25H48O8/c1-3-4-5-6-7-8-9-10-11-12-13-14-15-16-17-19(2)24(30)33-25(31)23(29)22(28)21(27)20(18-26)32-25/h19-23,26-29,31H,3-18H2,1-2H3/t19?,20-,21-,22+,23-,25?/m1/s1. The van der Waals surface area contributed by atoms with Crippen LogP contribution in [0.25, 0.3) is 0 Å². The highest BCUT2D eigenvalue weighted by Crippen LogP contribution is 2.30. The van der Waals surface area contributed by atoms with Crippen LogP contribution < -0.4 is 0 Å². The Morgan fingerprint density at radius 1 is 0.848 bits per heavy atom. The zero-order valence-corrected chi connectivity index (χ0v) is 20.7. The summed E-state index contributed by atoms with van der Waals surface area (Å²) in [6, 6.07) is 0. The van der Waals surface area contributed by atoms with Gasteiger partial charge in [0.25, 0.3) is 0 Å². The molecule has 33 heavy (non-hydrogen) atoms. The molecule has 5 N–H and O–H groups in total. The van der Waals surface area contributed by atoms with Gasteiger partial charge in [0.2, 0.25) is 0 Å². The van der Waals surface area contributed by atoms with Gasteiger partial charge in [-0.15, -0.1) is 0 Å². The quantitative estimate of drug-likeness (QED) is 0.116. The molecule has 1 saturated heterocycles. The zero-order valence-electron chi connectivity index (χ0n) is 20.7. The molecule has 0 amide bonds. The van der Waals surface area contributed by atoms with Gasteiger partial charge in [-0.05, 0) is 6.42 Å². The molecule has 0 saturated carbocycles. The Bertz CT molecular complexity index is 515. The van der Waals surface area contributed by atoms with Gasteiger partial charge in [-0.2, -0.15) is 0 Å². The summed E-state index contributed by atoms with van der Waals surface area (Å²) in [6.45, 7) is 3.19. The molecule has 2 unspecified atom stereocenters. The summed E-state index contributed by atoms with van der Waals surface area (Å²) >= 11 is 0. The minimum Gasteiger partial charge on any atom is -0.405 e. The molecule has 0 aromatic carbocycles. The molecule has 8 nitrogen and oxygen atoms in total. The number of esters is 1. The topological polar surface area (TPSA) is 137 Å². The van der Waals surface area contributed by atoms with E-state index in [4.69, 9.17) is 9.47 Å². The van der Waals surface area contributed by atoms with Gasteiger partial charge in [0.15, 0.2) is 6.10 Å². The van der Waals surface area contributed by atoms with Crippen molar-refractivity contribution in [1.29, 1.82) is 0 Å². The van der Waals surface area contributed by atoms with Crippen LogP contribution in [-0.2, 0) is 14.3 Å². The summed E-state index contributed by atoms with van der Waals surface area (Å²) in [6.07, 6.45) is 11.2. The molecule has 0 aliphatic carbocycles. The fraction of sp³-hybridized carbons (Fsp3) is 0.960. The van der Waals surface area contributed by atoms with Crippen molar-refractivity contribution in [3.63, 3.8) is 0 Å². The van der Waals surface area contributed by atoms with E-state index < -0.39 is 48.9 Å². The monoisotopic (exact) mass is 476 g/mol. The number of unbranched alkanes of at least 4 members (excludes halogenated alkanes) is 13. The van der Waals surface area contributed by atoms with Gasteiger partial charge in [0.05, 0.1) is 12.5 Å². The molecular formula is C25H48O8. The van der Waals surface area contributed by atoms with Crippen molar-refractivity contribution in [2.24, 2.45) is 5.92 Å². The number of aliphatic hydroxyl groups excluding tert-OH is 4. The second-order valence-corrected chi connectivity index (χ2v) is 9.60. The molecule has 1 aliphatic rings. The van der Waals surface area contributed by atoms with Gasteiger partial charge in [0, 0.05) is 0 Å². The van der Waals surface area contributed by atoms with E-state index in [0.29, 0.717) is 6.42 Å². The maximum Gasteiger partial charge on any atom is 0.357 e. The summed E-state index contributed by atoms with van der Waals surface area (Å²) in [5.74, 6) is -4.11. The first-order valence-electron chi connectivity index (χ1n) is 13.0. The van der Waals surface area contributed by atoms with Gasteiger partial charge in [-0.1, -0.05) is 104 Å². The number of carbonyl (C=O) groups is 1. The number of ether oxygens (including phenoxy) is 2. The summed E-state index contributed by atoms with van der Waals surface area (Å²) in [7, 11) is 0. The number of aliphatic hydroxyl groups is 5. The van der Waals surface area contributed by atoms with Crippen LogP contribution in [0.5, 0.6) is 0 Å². The lowest BCUT2D eigenvalue weighted by Gasteiger charge is -2.44. The normalized spacial score (nSPS) is 28.6. The molecule has 1 heterocycles. The third-order valence-electron chi connectivity index (χ3n) is 6.57. The van der Waals surface area contributed by atoms with Crippen molar-refractivity contribution < 1.29 is 39.8 Å². The van der Waals surface area contributed by atoms with Crippen LogP contribution in [0.15, 0.2) is 0 Å². The summed E-state index contributed by atoms with van der Waals surface area (Å²) in [4.78, 5) is 12.3. The van der Waals surface area contributed by atoms with Crippen molar-refractivity contribution in [3.8, 4) is 0 Å². The van der Waals surface area contributed by atoms with E-state index in [1.807, 2.05) is 0 Å². The highest BCUT2D eigenvalue weighted by molar-refractivity contribution is 5.72. The van der Waals surface area contributed by atoms with Gasteiger partial charge in [0.1, 0.15) is 18.3 Å². The van der Waals surface area contributed by atoms with Crippen LogP contribution in [0, 0.1) is 5.92 Å². The van der Waals surface area contributed by atoms with Crippen LogP contribution >= 0.6 is 0 Å². The molecule has 0 bridgehead atoms. The van der Waals surface area contributed by atoms with Gasteiger partial charge in [-0.25, -0.2) is 0 Å². The molecule has 1 fully saturated rings. The van der Waals surface area contributed by atoms with E-state index in [0.717, 1.165) is 19.3 Å². The number of rotatable bonds is 18. The lowest BCUT2D eigenvalue weighted by atomic mass is 9.97. The minimum atomic E-state index is -2.81. The predicted octanol–water partition coefficient (Wildman–Crippen LogP) is 3.16. The summed E-state index contributed by atoms with van der Waals surface area (Å²) < 4.78 is 9.90. The second kappa shape index (κ2) is 16.8. The summed E-state index contributed by atoms with van der Waals surface area (Å²) in [5, 5.41) is 49.1. The molecule has 1 rings (SSSR count). The lowest BCUT2D eigenvalue weighted by molar-refractivity contribution is -0.434. The Morgan fingerprint density at radius 2 is 1.30 bits per heavy atom. The Morgan fingerprint density at radius 3 is 1.76 bits per heavy atom. The van der Waals surface area contributed by atoms with E-state index in [2.05, 4.69) is 6.92 Å². The van der Waals surface area contributed by atoms with Crippen molar-refractivity contribution in [2.45, 2.75) is 141 Å². The lowest BCUT2D eigenvalue weighted by Crippen LogP contribution is -2.66. The first-order valence-corrected chi connectivity index (χ1v) is 13.0. The largest absolute Gasteiger partial charge is 0.405 e. The van der Waals surface area contributed by atoms with Crippen molar-refractivity contribution in [3.05, 3.63) is 0 Å². The smallest absolute Gasteiger partial charge is 0.357 e. The Kier molecular flexibility index (Phi) is 15.4. The van der Waals surface area contributed by atoms with Gasteiger partial charge in [-0.3, -0.25) is 4.79 Å². The van der Waals surface area contributed by atoms with E-state index in [1.54, 1.807) is 6.92 Å². The zero-order chi connectivity index (χ0) is 24.7. The van der Waals surface area contributed by atoms with Gasteiger partial charge >= 0.3 is 11.9 Å².